The molecule has 0 bridgehead atoms. The molecular weight excluding hydrogens is 355 g/mol. The first kappa shape index (κ1) is 19.1. The molecule has 0 aliphatic carbocycles. The number of fused-ring (bicyclic) bond motifs is 1. The number of hydrogen-bond donors (Lipinski definition) is 2. The van der Waals surface area contributed by atoms with E-state index in [1.54, 1.807) is 0 Å². The monoisotopic (exact) mass is 380 g/mol. The van der Waals surface area contributed by atoms with E-state index in [1.807, 2.05) is 24.3 Å². The van der Waals surface area contributed by atoms with Crippen LogP contribution < -0.4 is 10.8 Å². The number of H-pyrrole nitrogens is 1. The van der Waals surface area contributed by atoms with Gasteiger partial charge in [0.25, 0.3) is 5.91 Å². The van der Waals surface area contributed by atoms with Gasteiger partial charge in [-0.1, -0.05) is 66.1 Å². The molecule has 0 saturated heterocycles. The van der Waals surface area contributed by atoms with E-state index in [1.165, 1.54) is 33.2 Å². The summed E-state index contributed by atoms with van der Waals surface area (Å²) in [5.41, 5.74) is 8.82. The van der Waals surface area contributed by atoms with Crippen LogP contribution in [-0.4, -0.2) is 25.3 Å². The fourth-order valence-electron chi connectivity index (χ4n) is 3.93. The minimum absolute atomic E-state index is 0.0325. The van der Waals surface area contributed by atoms with E-state index in [4.69, 9.17) is 0 Å². The van der Waals surface area contributed by atoms with Crippen LogP contribution in [0.15, 0.2) is 66.7 Å². The van der Waals surface area contributed by atoms with Gasteiger partial charge in [-0.2, -0.15) is 0 Å². The lowest BCUT2D eigenvalue weighted by Gasteiger charge is -2.11. The molecule has 0 spiro atoms. The first-order chi connectivity index (χ1) is 14.0. The maximum atomic E-state index is 12.9. The topological polar surface area (TPSA) is 44.9 Å². The highest BCUT2D eigenvalue weighted by atomic mass is 16.1. The van der Waals surface area contributed by atoms with Crippen molar-refractivity contribution in [1.29, 1.82) is 0 Å². The Bertz CT molecular complexity index is 1180. The van der Waals surface area contributed by atoms with Crippen molar-refractivity contribution in [3.63, 3.8) is 0 Å². The number of hydrogen-bond acceptors (Lipinski definition) is 1. The Labute approximate surface area is 172 Å². The zero-order valence-corrected chi connectivity index (χ0v) is 17.2. The predicted molar refractivity (Wildman–Crippen MR) is 124 cm³/mol. The SMILES string of the molecule is Bc1ccc(-c2ccccc2C(=O)NCCc2c(C)[nH]c3c(C)cccc23)cc1. The number of aryl methyl sites for hydroxylation is 2. The number of carbonyl (C=O) groups is 1. The zero-order chi connectivity index (χ0) is 20.4. The minimum atomic E-state index is -0.0325. The molecule has 3 nitrogen and oxygen atoms in total. The fraction of sp³-hybridized carbons (Fsp3) is 0.160. The van der Waals surface area contributed by atoms with Gasteiger partial charge < -0.3 is 10.3 Å². The van der Waals surface area contributed by atoms with Gasteiger partial charge in [0.15, 0.2) is 0 Å². The van der Waals surface area contributed by atoms with Crippen LogP contribution in [0.3, 0.4) is 0 Å². The summed E-state index contributed by atoms with van der Waals surface area (Å²) in [5.74, 6) is -0.0325. The number of benzene rings is 3. The predicted octanol–water partition coefficient (Wildman–Crippen LogP) is 3.68. The first-order valence-corrected chi connectivity index (χ1v) is 10.1. The molecular formula is C25H25BN2O. The number of aromatic nitrogens is 1. The van der Waals surface area contributed by atoms with Crippen LogP contribution in [0.1, 0.15) is 27.2 Å². The largest absolute Gasteiger partial charge is 0.358 e. The van der Waals surface area contributed by atoms with Gasteiger partial charge >= 0.3 is 0 Å². The maximum Gasteiger partial charge on any atom is 0.251 e. The summed E-state index contributed by atoms with van der Waals surface area (Å²) in [6, 6.07) is 22.4. The van der Waals surface area contributed by atoms with E-state index >= 15 is 0 Å². The summed E-state index contributed by atoms with van der Waals surface area (Å²) in [7, 11) is 2.07. The van der Waals surface area contributed by atoms with Crippen molar-refractivity contribution >= 4 is 30.1 Å². The summed E-state index contributed by atoms with van der Waals surface area (Å²) >= 11 is 0. The average Bonchev–Trinajstić information content (AvgIpc) is 3.05. The smallest absolute Gasteiger partial charge is 0.251 e. The number of aromatic amines is 1. The van der Waals surface area contributed by atoms with Crippen LogP contribution in [0, 0.1) is 13.8 Å². The zero-order valence-electron chi connectivity index (χ0n) is 17.2. The molecule has 0 fully saturated rings. The van der Waals surface area contributed by atoms with Crippen LogP contribution in [0.4, 0.5) is 0 Å². The molecule has 4 aromatic rings. The van der Waals surface area contributed by atoms with Crippen molar-refractivity contribution < 1.29 is 4.79 Å². The Hall–Kier alpha value is -3.27. The normalized spacial score (nSPS) is 11.0. The van der Waals surface area contributed by atoms with Crippen LogP contribution in [0.25, 0.3) is 22.0 Å². The molecule has 1 heterocycles. The van der Waals surface area contributed by atoms with Crippen LogP contribution in [-0.2, 0) is 6.42 Å². The molecule has 4 rings (SSSR count). The van der Waals surface area contributed by atoms with E-state index in [0.29, 0.717) is 12.1 Å². The number of amides is 1. The quantitative estimate of drug-likeness (QED) is 0.510. The molecule has 0 radical (unpaired) electrons. The van der Waals surface area contributed by atoms with Gasteiger partial charge in [0, 0.05) is 28.7 Å². The second-order valence-corrected chi connectivity index (χ2v) is 7.64. The minimum Gasteiger partial charge on any atom is -0.358 e. The van der Waals surface area contributed by atoms with Gasteiger partial charge in [-0.15, -0.1) is 0 Å². The molecule has 144 valence electrons. The summed E-state index contributed by atoms with van der Waals surface area (Å²) in [6.07, 6.45) is 0.799. The Morgan fingerprint density at radius 1 is 0.966 bits per heavy atom. The third-order valence-electron chi connectivity index (χ3n) is 5.56. The lowest BCUT2D eigenvalue weighted by Crippen LogP contribution is -2.26. The van der Waals surface area contributed by atoms with Gasteiger partial charge in [0.1, 0.15) is 7.85 Å². The van der Waals surface area contributed by atoms with Gasteiger partial charge in [0.2, 0.25) is 0 Å². The van der Waals surface area contributed by atoms with E-state index < -0.39 is 0 Å². The van der Waals surface area contributed by atoms with Gasteiger partial charge in [0.05, 0.1) is 0 Å². The molecule has 0 aliphatic rings. The highest BCUT2D eigenvalue weighted by Gasteiger charge is 2.13. The number of para-hydroxylation sites is 1. The third-order valence-corrected chi connectivity index (χ3v) is 5.56. The molecule has 1 amide bonds. The third kappa shape index (κ3) is 3.84. The Balaban J connectivity index is 1.51. The summed E-state index contributed by atoms with van der Waals surface area (Å²) in [6.45, 7) is 4.82. The average molecular weight is 380 g/mol. The van der Waals surface area contributed by atoms with Crippen molar-refractivity contribution in [2.45, 2.75) is 20.3 Å². The highest BCUT2D eigenvalue weighted by molar-refractivity contribution is 6.32. The fourth-order valence-corrected chi connectivity index (χ4v) is 3.93. The Morgan fingerprint density at radius 3 is 2.52 bits per heavy atom. The summed E-state index contributed by atoms with van der Waals surface area (Å²) in [4.78, 5) is 16.4. The molecule has 0 atom stereocenters. The second-order valence-electron chi connectivity index (χ2n) is 7.64. The molecule has 3 aromatic carbocycles. The lowest BCUT2D eigenvalue weighted by molar-refractivity contribution is 0.0955. The van der Waals surface area contributed by atoms with Crippen molar-refractivity contribution in [1.82, 2.24) is 10.3 Å². The molecule has 0 aliphatic heterocycles. The van der Waals surface area contributed by atoms with Crippen LogP contribution >= 0.6 is 0 Å². The van der Waals surface area contributed by atoms with Crippen LogP contribution in [0.5, 0.6) is 0 Å². The number of nitrogens with one attached hydrogen (secondary N) is 2. The highest BCUT2D eigenvalue weighted by Crippen LogP contribution is 2.25. The van der Waals surface area contributed by atoms with Gasteiger partial charge in [-0.3, -0.25) is 4.79 Å². The Kier molecular flexibility index (Phi) is 5.26. The van der Waals surface area contributed by atoms with Crippen molar-refractivity contribution in [2.24, 2.45) is 0 Å². The van der Waals surface area contributed by atoms with E-state index in [0.717, 1.165) is 17.5 Å². The maximum absolute atomic E-state index is 12.9. The first-order valence-electron chi connectivity index (χ1n) is 10.1. The molecule has 4 heteroatoms. The van der Waals surface area contributed by atoms with E-state index in [2.05, 4.69) is 74.5 Å². The molecule has 0 unspecified atom stereocenters. The van der Waals surface area contributed by atoms with Crippen molar-refractivity contribution in [3.05, 3.63) is 89.1 Å². The van der Waals surface area contributed by atoms with E-state index in [-0.39, 0.29) is 5.91 Å². The summed E-state index contributed by atoms with van der Waals surface area (Å²) < 4.78 is 0. The van der Waals surface area contributed by atoms with Crippen molar-refractivity contribution in [2.75, 3.05) is 6.54 Å². The molecule has 1 aromatic heterocycles. The second kappa shape index (κ2) is 8.00. The standard InChI is InChI=1S/C25H25BN2O/c1-16-6-5-9-22-20(17(2)28-24(16)22)14-15-27-25(29)23-8-4-3-7-21(23)18-10-12-19(26)13-11-18/h3-13,28H,14-15,26H2,1-2H3,(H,27,29). The molecule has 29 heavy (non-hydrogen) atoms. The Morgan fingerprint density at radius 2 is 1.72 bits per heavy atom. The van der Waals surface area contributed by atoms with E-state index in [9.17, 15) is 4.79 Å². The molecule has 2 N–H and O–H groups in total. The van der Waals surface area contributed by atoms with Gasteiger partial charge in [-0.25, -0.2) is 0 Å². The van der Waals surface area contributed by atoms with Crippen molar-refractivity contribution in [3.8, 4) is 11.1 Å². The lowest BCUT2D eigenvalue weighted by atomic mass is 9.92. The van der Waals surface area contributed by atoms with Crippen LogP contribution in [0.2, 0.25) is 0 Å². The van der Waals surface area contributed by atoms with Gasteiger partial charge in [-0.05, 0) is 48.6 Å². The number of carbonyl (C=O) groups excluding carboxylic acids is 1. The number of rotatable bonds is 5. The molecule has 0 saturated carbocycles. The summed E-state index contributed by atoms with van der Waals surface area (Å²) in [5, 5.41) is 4.36.